The topological polar surface area (TPSA) is 72.9 Å². The number of cyclic esters (lactones) is 1. The molecule has 0 spiro atoms. The minimum atomic E-state index is -0.686. The molecule has 0 bridgehead atoms. The van der Waals surface area contributed by atoms with E-state index in [1.54, 1.807) is 4.90 Å². The Balaban J connectivity index is 2.36. The average molecular weight is 383 g/mol. The van der Waals surface area contributed by atoms with Crippen LogP contribution in [-0.4, -0.2) is 56.1 Å². The predicted octanol–water partition coefficient (Wildman–Crippen LogP) is 3.57. The number of carbonyl (C=O) groups is 1. The zero-order valence-electron chi connectivity index (χ0n) is 16.6. The Morgan fingerprint density at radius 3 is 2.74 bits per heavy atom. The molecule has 1 unspecified atom stereocenters. The number of carbonyl (C=O) groups excluding carboxylic acids is 1. The first-order chi connectivity index (χ1) is 13.0. The molecule has 1 aliphatic rings. The second-order valence-corrected chi connectivity index (χ2v) is 6.65. The van der Waals surface area contributed by atoms with Crippen molar-refractivity contribution in [3.8, 4) is 0 Å². The standard InChI is InChI=1S/C19H30FN3O4/c1-5-15(11-20)21-17-13(2)10-14(16(22-17)18(25-3)26-4)12-23-8-6-7-9-27-19(23)24/h10,15,18H,5-9,11-12H2,1-4H3,(H,21,22). The van der Waals surface area contributed by atoms with E-state index in [0.717, 1.165) is 24.0 Å². The molecule has 2 rings (SSSR count). The third-order valence-corrected chi connectivity index (χ3v) is 4.66. The number of pyridine rings is 1. The maximum absolute atomic E-state index is 13.1. The molecule has 0 saturated carbocycles. The fourth-order valence-electron chi connectivity index (χ4n) is 3.02. The van der Waals surface area contributed by atoms with Gasteiger partial charge in [0.15, 0.2) is 0 Å². The lowest BCUT2D eigenvalue weighted by molar-refractivity contribution is -0.109. The van der Waals surface area contributed by atoms with Crippen LogP contribution in [0.1, 0.15) is 49.3 Å². The molecule has 27 heavy (non-hydrogen) atoms. The van der Waals surface area contributed by atoms with Gasteiger partial charge < -0.3 is 24.4 Å². The number of hydrogen-bond donors (Lipinski definition) is 1. The van der Waals surface area contributed by atoms with E-state index in [9.17, 15) is 9.18 Å². The maximum atomic E-state index is 13.1. The van der Waals surface area contributed by atoms with Crippen LogP contribution in [0.2, 0.25) is 0 Å². The molecule has 1 aromatic rings. The summed E-state index contributed by atoms with van der Waals surface area (Å²) < 4.78 is 29.2. The van der Waals surface area contributed by atoms with E-state index in [0.29, 0.717) is 37.6 Å². The van der Waals surface area contributed by atoms with Gasteiger partial charge in [0.2, 0.25) is 6.29 Å². The van der Waals surface area contributed by atoms with Gasteiger partial charge in [0.1, 0.15) is 18.2 Å². The van der Waals surface area contributed by atoms with E-state index in [4.69, 9.17) is 14.2 Å². The molecule has 1 saturated heterocycles. The first-order valence-electron chi connectivity index (χ1n) is 9.34. The zero-order chi connectivity index (χ0) is 19.8. The Bertz CT molecular complexity index is 621. The van der Waals surface area contributed by atoms with Crippen LogP contribution < -0.4 is 5.32 Å². The van der Waals surface area contributed by atoms with E-state index in [2.05, 4.69) is 10.3 Å². The molecule has 2 heterocycles. The van der Waals surface area contributed by atoms with Crippen molar-refractivity contribution < 1.29 is 23.4 Å². The monoisotopic (exact) mass is 383 g/mol. The van der Waals surface area contributed by atoms with Crippen molar-refractivity contribution in [2.24, 2.45) is 0 Å². The minimum absolute atomic E-state index is 0.306. The molecule has 1 atom stereocenters. The lowest BCUT2D eigenvalue weighted by Crippen LogP contribution is -2.31. The van der Waals surface area contributed by atoms with Crippen molar-refractivity contribution in [2.75, 3.05) is 39.4 Å². The molecule has 1 amide bonds. The van der Waals surface area contributed by atoms with Crippen LogP contribution in [0.3, 0.4) is 0 Å². The second kappa shape index (κ2) is 10.4. The van der Waals surface area contributed by atoms with Gasteiger partial charge in [0, 0.05) is 20.8 Å². The van der Waals surface area contributed by atoms with E-state index < -0.39 is 13.0 Å². The summed E-state index contributed by atoms with van der Waals surface area (Å²) in [5.74, 6) is 0.593. The molecule has 0 aromatic carbocycles. The van der Waals surface area contributed by atoms with Gasteiger partial charge in [0.25, 0.3) is 0 Å². The molecule has 1 aromatic heterocycles. The van der Waals surface area contributed by atoms with Crippen LogP contribution in [0.25, 0.3) is 0 Å². The van der Waals surface area contributed by atoms with Crippen molar-refractivity contribution in [1.29, 1.82) is 0 Å². The molecular formula is C19H30FN3O4. The summed E-state index contributed by atoms with van der Waals surface area (Å²) in [5.41, 5.74) is 2.26. The van der Waals surface area contributed by atoms with Gasteiger partial charge in [-0.3, -0.25) is 0 Å². The number of nitrogens with one attached hydrogen (secondary N) is 1. The smallest absolute Gasteiger partial charge is 0.410 e. The van der Waals surface area contributed by atoms with Gasteiger partial charge in [-0.2, -0.15) is 0 Å². The number of amides is 1. The Hall–Kier alpha value is -1.93. The third kappa shape index (κ3) is 5.52. The van der Waals surface area contributed by atoms with Crippen LogP contribution in [-0.2, 0) is 20.8 Å². The lowest BCUT2D eigenvalue weighted by atomic mass is 10.1. The summed E-state index contributed by atoms with van der Waals surface area (Å²) in [6.45, 7) is 4.77. The van der Waals surface area contributed by atoms with Gasteiger partial charge in [0.05, 0.1) is 19.2 Å². The molecule has 1 N–H and O–H groups in total. The van der Waals surface area contributed by atoms with E-state index in [1.165, 1.54) is 14.2 Å². The summed E-state index contributed by atoms with van der Waals surface area (Å²) in [4.78, 5) is 18.5. The number of rotatable bonds is 9. The largest absolute Gasteiger partial charge is 0.449 e. The van der Waals surface area contributed by atoms with Crippen molar-refractivity contribution in [2.45, 2.75) is 52.0 Å². The van der Waals surface area contributed by atoms with Crippen molar-refractivity contribution in [3.63, 3.8) is 0 Å². The molecule has 1 fully saturated rings. The summed E-state index contributed by atoms with van der Waals surface area (Å²) in [6.07, 6.45) is 1.38. The third-order valence-electron chi connectivity index (χ3n) is 4.66. The first-order valence-corrected chi connectivity index (χ1v) is 9.34. The quantitative estimate of drug-likeness (QED) is 0.657. The highest BCUT2D eigenvalue weighted by Crippen LogP contribution is 2.27. The fraction of sp³-hybridized carbons (Fsp3) is 0.684. The number of aryl methyl sites for hydroxylation is 1. The van der Waals surface area contributed by atoms with Crippen LogP contribution in [0, 0.1) is 6.92 Å². The van der Waals surface area contributed by atoms with Gasteiger partial charge in [-0.15, -0.1) is 0 Å². The number of methoxy groups -OCH3 is 2. The van der Waals surface area contributed by atoms with Gasteiger partial charge in [-0.1, -0.05) is 6.92 Å². The number of hydrogen-bond acceptors (Lipinski definition) is 6. The molecule has 0 radical (unpaired) electrons. The molecule has 0 aliphatic carbocycles. The summed E-state index contributed by atoms with van der Waals surface area (Å²) in [6, 6.07) is 1.64. The van der Waals surface area contributed by atoms with Crippen molar-refractivity contribution >= 4 is 11.9 Å². The van der Waals surface area contributed by atoms with Gasteiger partial charge in [-0.25, -0.2) is 14.2 Å². The van der Waals surface area contributed by atoms with E-state index in [-0.39, 0.29) is 12.1 Å². The second-order valence-electron chi connectivity index (χ2n) is 6.65. The highest BCUT2D eigenvalue weighted by molar-refractivity contribution is 5.68. The van der Waals surface area contributed by atoms with Crippen molar-refractivity contribution in [1.82, 2.24) is 9.88 Å². The Morgan fingerprint density at radius 1 is 1.37 bits per heavy atom. The van der Waals surface area contributed by atoms with E-state index in [1.807, 2.05) is 19.9 Å². The Morgan fingerprint density at radius 2 is 2.11 bits per heavy atom. The van der Waals surface area contributed by atoms with Gasteiger partial charge >= 0.3 is 6.09 Å². The number of anilines is 1. The molecule has 152 valence electrons. The summed E-state index contributed by atoms with van der Waals surface area (Å²) in [7, 11) is 3.06. The minimum Gasteiger partial charge on any atom is -0.449 e. The number of halogens is 1. The normalized spacial score (nSPS) is 16.2. The predicted molar refractivity (Wildman–Crippen MR) is 100 cm³/mol. The molecule has 7 nitrogen and oxygen atoms in total. The van der Waals surface area contributed by atoms with Crippen molar-refractivity contribution in [3.05, 3.63) is 22.9 Å². The fourth-order valence-corrected chi connectivity index (χ4v) is 3.02. The highest BCUT2D eigenvalue weighted by Gasteiger charge is 2.24. The lowest BCUT2D eigenvalue weighted by Gasteiger charge is -2.25. The highest BCUT2D eigenvalue weighted by atomic mass is 19.1. The molecule has 8 heteroatoms. The molecule has 1 aliphatic heterocycles. The number of nitrogens with zero attached hydrogens (tertiary/aromatic N) is 2. The zero-order valence-corrected chi connectivity index (χ0v) is 16.6. The van der Waals surface area contributed by atoms with Crippen LogP contribution >= 0.6 is 0 Å². The average Bonchev–Trinajstić information content (AvgIpc) is 2.87. The number of ether oxygens (including phenoxy) is 3. The number of aromatic nitrogens is 1. The molecular weight excluding hydrogens is 353 g/mol. The Kier molecular flexibility index (Phi) is 8.24. The first kappa shape index (κ1) is 21.4. The van der Waals surface area contributed by atoms with Crippen LogP contribution in [0.5, 0.6) is 0 Å². The van der Waals surface area contributed by atoms with Gasteiger partial charge in [-0.05, 0) is 43.4 Å². The Labute approximate surface area is 160 Å². The maximum Gasteiger partial charge on any atom is 0.410 e. The number of alkyl halides is 1. The van der Waals surface area contributed by atoms with Crippen LogP contribution in [0.15, 0.2) is 6.07 Å². The van der Waals surface area contributed by atoms with Crippen LogP contribution in [0.4, 0.5) is 15.0 Å². The SMILES string of the molecule is CCC(CF)Nc1nc(C(OC)OC)c(CN2CCCCOC2=O)cc1C. The summed E-state index contributed by atoms with van der Waals surface area (Å²) >= 11 is 0. The summed E-state index contributed by atoms with van der Waals surface area (Å²) in [5, 5.41) is 3.14. The van der Waals surface area contributed by atoms with E-state index >= 15 is 0 Å².